The van der Waals surface area contributed by atoms with Crippen LogP contribution in [0.15, 0.2) is 60.9 Å². The van der Waals surface area contributed by atoms with Gasteiger partial charge < -0.3 is 15.0 Å². The molecule has 2 aliphatic rings. The highest BCUT2D eigenvalue weighted by Crippen LogP contribution is 2.47. The number of hydrogen-bond donors (Lipinski definition) is 2. The Balaban J connectivity index is 1.32. The summed E-state index contributed by atoms with van der Waals surface area (Å²) in [6, 6.07) is 12.9. The van der Waals surface area contributed by atoms with Gasteiger partial charge in [-0.3, -0.25) is 4.98 Å². The van der Waals surface area contributed by atoms with Crippen molar-refractivity contribution in [3.05, 3.63) is 83.7 Å². The average Bonchev–Trinajstić information content (AvgIpc) is 3.30. The zero-order valence-electron chi connectivity index (χ0n) is 19.3. The Morgan fingerprint density at radius 2 is 2.15 bits per heavy atom. The van der Waals surface area contributed by atoms with E-state index in [1.807, 2.05) is 31.3 Å². The fraction of sp³-hybridized carbons (Fsp3) is 0.357. The van der Waals surface area contributed by atoms with Crippen molar-refractivity contribution in [2.75, 3.05) is 6.61 Å². The summed E-state index contributed by atoms with van der Waals surface area (Å²) in [7, 11) is 0. The van der Waals surface area contributed by atoms with Gasteiger partial charge in [0, 0.05) is 35.6 Å². The number of ether oxygens (including phenoxy) is 1. The minimum atomic E-state index is -0.312. The van der Waals surface area contributed by atoms with Gasteiger partial charge in [-0.05, 0) is 85.9 Å². The SMILES string of the molecule is CCOC(=O)N[C@@H]1CC[C@@H]2[C@H](Cc3cc[nH]c3[C@H]2/C=C/c2ccc(-c3cccc(F)c3)cn2)C1. The van der Waals surface area contributed by atoms with Crippen LogP contribution in [-0.4, -0.2) is 28.7 Å². The van der Waals surface area contributed by atoms with E-state index in [4.69, 9.17) is 4.74 Å². The molecule has 1 saturated carbocycles. The molecule has 0 bridgehead atoms. The van der Waals surface area contributed by atoms with Gasteiger partial charge in [0.25, 0.3) is 0 Å². The molecule has 1 fully saturated rings. The lowest BCUT2D eigenvalue weighted by Crippen LogP contribution is -2.44. The van der Waals surface area contributed by atoms with E-state index in [9.17, 15) is 9.18 Å². The molecule has 1 amide bonds. The molecule has 0 unspecified atom stereocenters. The Hall–Kier alpha value is -3.41. The van der Waals surface area contributed by atoms with Crippen molar-refractivity contribution in [1.29, 1.82) is 0 Å². The maximum absolute atomic E-state index is 13.5. The van der Waals surface area contributed by atoms with Crippen LogP contribution < -0.4 is 5.32 Å². The lowest BCUT2D eigenvalue weighted by Gasteiger charge is -2.43. The summed E-state index contributed by atoms with van der Waals surface area (Å²) in [6.45, 7) is 2.22. The molecule has 0 aliphatic heterocycles. The summed E-state index contributed by atoms with van der Waals surface area (Å²) >= 11 is 0. The largest absolute Gasteiger partial charge is 0.450 e. The number of carbonyl (C=O) groups excluding carboxylic acids is 1. The number of carbonyl (C=O) groups is 1. The second kappa shape index (κ2) is 9.84. The smallest absolute Gasteiger partial charge is 0.407 e. The Bertz CT molecular complexity index is 1170. The fourth-order valence-electron chi connectivity index (χ4n) is 5.65. The molecular weight excluding hydrogens is 429 g/mol. The number of aromatic amines is 1. The summed E-state index contributed by atoms with van der Waals surface area (Å²) in [6.07, 6.45) is 11.9. The lowest BCUT2D eigenvalue weighted by atomic mass is 9.64. The molecular formula is C28H30FN3O2. The highest BCUT2D eigenvalue weighted by atomic mass is 19.1. The van der Waals surface area contributed by atoms with E-state index in [0.717, 1.165) is 42.5 Å². The third-order valence-corrected chi connectivity index (χ3v) is 7.20. The van der Waals surface area contributed by atoms with Crippen LogP contribution in [0.5, 0.6) is 0 Å². The van der Waals surface area contributed by atoms with E-state index in [1.54, 1.807) is 12.3 Å². The second-order valence-corrected chi connectivity index (χ2v) is 9.29. The monoisotopic (exact) mass is 459 g/mol. The topological polar surface area (TPSA) is 67.0 Å². The molecule has 0 saturated heterocycles. The Morgan fingerprint density at radius 3 is 2.94 bits per heavy atom. The Morgan fingerprint density at radius 1 is 1.24 bits per heavy atom. The maximum atomic E-state index is 13.5. The third kappa shape index (κ3) is 4.76. The van der Waals surface area contributed by atoms with Gasteiger partial charge in [-0.2, -0.15) is 0 Å². The summed E-state index contributed by atoms with van der Waals surface area (Å²) in [5, 5.41) is 3.05. The first-order chi connectivity index (χ1) is 16.6. The first kappa shape index (κ1) is 22.4. The maximum Gasteiger partial charge on any atom is 0.407 e. The van der Waals surface area contributed by atoms with Crippen molar-refractivity contribution in [2.24, 2.45) is 11.8 Å². The van der Waals surface area contributed by atoms with Crippen molar-refractivity contribution >= 4 is 12.2 Å². The molecule has 2 heterocycles. The van der Waals surface area contributed by atoms with Crippen LogP contribution in [0.1, 0.15) is 49.1 Å². The van der Waals surface area contributed by atoms with Crippen molar-refractivity contribution in [3.8, 4) is 11.1 Å². The van der Waals surface area contributed by atoms with Crippen molar-refractivity contribution < 1.29 is 13.9 Å². The van der Waals surface area contributed by atoms with Crippen LogP contribution in [0.2, 0.25) is 0 Å². The Kier molecular flexibility index (Phi) is 6.48. The average molecular weight is 460 g/mol. The molecule has 3 aromatic rings. The van der Waals surface area contributed by atoms with Gasteiger partial charge in [-0.15, -0.1) is 0 Å². The molecule has 5 nitrogen and oxygen atoms in total. The standard InChI is InChI=1S/C28H30FN3O2/c1-2-34-28(33)32-24-9-10-25-21(16-24)14-19-12-13-30-27(19)26(25)11-8-23-7-6-20(17-31-23)18-4-3-5-22(29)15-18/h3-8,11-13,15,17,21,24-26,30H,2,9-10,14,16H2,1H3,(H,32,33)/b11-8+/t21-,24-,25-,26+/m1/s1. The first-order valence-electron chi connectivity index (χ1n) is 12.1. The van der Waals surface area contributed by atoms with Crippen molar-refractivity contribution in [2.45, 2.75) is 44.6 Å². The molecule has 0 radical (unpaired) electrons. The van der Waals surface area contributed by atoms with Crippen molar-refractivity contribution in [3.63, 3.8) is 0 Å². The van der Waals surface area contributed by atoms with Gasteiger partial charge in [0.2, 0.25) is 0 Å². The number of amides is 1. The predicted molar refractivity (Wildman–Crippen MR) is 131 cm³/mol. The number of allylic oxidation sites excluding steroid dienone is 1. The normalized spacial score (nSPS) is 23.8. The van der Waals surface area contributed by atoms with E-state index in [0.29, 0.717) is 18.4 Å². The number of fused-ring (bicyclic) bond motifs is 2. The van der Waals surface area contributed by atoms with Crippen LogP contribution in [-0.2, 0) is 11.2 Å². The zero-order chi connectivity index (χ0) is 23.5. The number of hydrogen-bond acceptors (Lipinski definition) is 3. The molecule has 176 valence electrons. The van der Waals surface area contributed by atoms with Gasteiger partial charge in [0.1, 0.15) is 5.82 Å². The molecule has 34 heavy (non-hydrogen) atoms. The van der Waals surface area contributed by atoms with Crippen molar-refractivity contribution in [1.82, 2.24) is 15.3 Å². The minimum absolute atomic E-state index is 0.169. The van der Waals surface area contributed by atoms with E-state index < -0.39 is 0 Å². The van der Waals surface area contributed by atoms with E-state index in [-0.39, 0.29) is 23.9 Å². The number of pyridine rings is 1. The number of rotatable bonds is 5. The van der Waals surface area contributed by atoms with Gasteiger partial charge in [0.05, 0.1) is 12.3 Å². The summed E-state index contributed by atoms with van der Waals surface area (Å²) in [4.78, 5) is 20.0. The number of alkyl carbamates (subject to hydrolysis) is 1. The number of benzene rings is 1. The number of nitrogens with zero attached hydrogens (tertiary/aromatic N) is 1. The first-order valence-corrected chi connectivity index (χ1v) is 12.1. The third-order valence-electron chi connectivity index (χ3n) is 7.20. The van der Waals surface area contributed by atoms with Gasteiger partial charge in [-0.25, -0.2) is 9.18 Å². The number of nitrogens with one attached hydrogen (secondary N) is 2. The summed E-state index contributed by atoms with van der Waals surface area (Å²) < 4.78 is 18.6. The molecule has 1 aromatic carbocycles. The molecule has 5 rings (SSSR count). The number of H-pyrrole nitrogens is 1. The van der Waals surface area contributed by atoms with E-state index in [2.05, 4.69) is 33.5 Å². The van der Waals surface area contributed by atoms with E-state index >= 15 is 0 Å². The van der Waals surface area contributed by atoms with Crippen LogP contribution in [0.4, 0.5) is 9.18 Å². The lowest BCUT2D eigenvalue weighted by molar-refractivity contribution is 0.129. The molecule has 4 atom stereocenters. The highest BCUT2D eigenvalue weighted by Gasteiger charge is 2.40. The second-order valence-electron chi connectivity index (χ2n) is 9.29. The van der Waals surface area contributed by atoms with Gasteiger partial charge in [-0.1, -0.05) is 24.3 Å². The summed E-state index contributed by atoms with van der Waals surface area (Å²) in [5.74, 6) is 1.08. The molecule has 2 aromatic heterocycles. The highest BCUT2D eigenvalue weighted by molar-refractivity contribution is 5.67. The van der Waals surface area contributed by atoms with Crippen LogP contribution in [0.3, 0.4) is 0 Å². The van der Waals surface area contributed by atoms with Gasteiger partial charge in [0.15, 0.2) is 0 Å². The van der Waals surface area contributed by atoms with Crippen LogP contribution in [0.25, 0.3) is 17.2 Å². The van der Waals surface area contributed by atoms with E-state index in [1.165, 1.54) is 23.4 Å². The Labute approximate surface area is 199 Å². The summed E-state index contributed by atoms with van der Waals surface area (Å²) in [5.41, 5.74) is 5.26. The minimum Gasteiger partial charge on any atom is -0.450 e. The zero-order valence-corrected chi connectivity index (χ0v) is 19.3. The molecule has 2 aliphatic carbocycles. The van der Waals surface area contributed by atoms with Gasteiger partial charge >= 0.3 is 6.09 Å². The predicted octanol–water partition coefficient (Wildman–Crippen LogP) is 6.10. The van der Waals surface area contributed by atoms with Crippen LogP contribution in [0, 0.1) is 17.7 Å². The molecule has 2 N–H and O–H groups in total. The number of aromatic nitrogens is 2. The quantitative estimate of drug-likeness (QED) is 0.484. The van der Waals surface area contributed by atoms with Crippen LogP contribution >= 0.6 is 0 Å². The number of halogens is 1. The molecule has 6 heteroatoms. The molecule has 0 spiro atoms. The fourth-order valence-corrected chi connectivity index (χ4v) is 5.65.